The Morgan fingerprint density at radius 1 is 1.03 bits per heavy atom. The van der Waals surface area contributed by atoms with Gasteiger partial charge < -0.3 is 14.8 Å². The van der Waals surface area contributed by atoms with Gasteiger partial charge in [-0.2, -0.15) is 0 Å². The van der Waals surface area contributed by atoms with Crippen molar-refractivity contribution in [2.24, 2.45) is 7.05 Å². The second kappa shape index (κ2) is 8.47. The van der Waals surface area contributed by atoms with Gasteiger partial charge in [0.05, 0.1) is 6.04 Å². The van der Waals surface area contributed by atoms with Crippen LogP contribution in [0.25, 0.3) is 0 Å². The predicted molar refractivity (Wildman–Crippen MR) is 113 cm³/mol. The highest BCUT2D eigenvalue weighted by Crippen LogP contribution is 2.27. The number of benzene rings is 2. The van der Waals surface area contributed by atoms with E-state index < -0.39 is 0 Å². The molecule has 0 saturated carbocycles. The lowest BCUT2D eigenvalue weighted by Gasteiger charge is -2.33. The second-order valence-corrected chi connectivity index (χ2v) is 7.77. The second-order valence-electron chi connectivity index (χ2n) is 7.77. The number of carbonyl (C=O) groups is 1. The first-order valence-electron chi connectivity index (χ1n) is 10.1. The van der Waals surface area contributed by atoms with Crippen LogP contribution in [0.2, 0.25) is 0 Å². The van der Waals surface area contributed by atoms with Crippen molar-refractivity contribution in [2.75, 3.05) is 13.1 Å². The molecule has 2 aromatic carbocycles. The zero-order chi connectivity index (χ0) is 20.2. The number of aryl methyl sites for hydroxylation is 2. The van der Waals surface area contributed by atoms with Gasteiger partial charge in [0.25, 0.3) is 0 Å². The quantitative estimate of drug-likeness (QED) is 0.738. The molecule has 2 heterocycles. The fraction of sp³-hybridized carbons (Fsp3) is 0.348. The van der Waals surface area contributed by atoms with Crippen LogP contribution in [0, 0.1) is 6.92 Å². The molecule has 1 fully saturated rings. The number of nitrogens with one attached hydrogen (secondary N) is 1. The zero-order valence-electron chi connectivity index (χ0n) is 17.0. The molecule has 150 valence electrons. The van der Waals surface area contributed by atoms with Crippen LogP contribution in [0.5, 0.6) is 0 Å². The molecule has 6 heteroatoms. The summed E-state index contributed by atoms with van der Waals surface area (Å²) in [7, 11) is 1.97. The van der Waals surface area contributed by atoms with Crippen molar-refractivity contribution in [1.82, 2.24) is 25.0 Å². The lowest BCUT2D eigenvalue weighted by Crippen LogP contribution is -2.45. The van der Waals surface area contributed by atoms with Crippen LogP contribution in [0.1, 0.15) is 47.3 Å². The van der Waals surface area contributed by atoms with Crippen LogP contribution < -0.4 is 5.32 Å². The number of rotatable bonds is 4. The number of nitrogens with zero attached hydrogens (tertiary/aromatic N) is 4. The molecular formula is C23H27N5O. The summed E-state index contributed by atoms with van der Waals surface area (Å²) < 4.78 is 1.98. The highest BCUT2D eigenvalue weighted by Gasteiger charge is 2.28. The van der Waals surface area contributed by atoms with E-state index in [0.29, 0.717) is 5.92 Å². The van der Waals surface area contributed by atoms with Crippen molar-refractivity contribution in [3.8, 4) is 0 Å². The number of hydrogen-bond donors (Lipinski definition) is 1. The smallest absolute Gasteiger partial charge is 0.318 e. The molecule has 1 aliphatic heterocycles. The van der Waals surface area contributed by atoms with Gasteiger partial charge >= 0.3 is 6.03 Å². The van der Waals surface area contributed by atoms with E-state index in [9.17, 15) is 4.79 Å². The first kappa shape index (κ1) is 19.2. The summed E-state index contributed by atoms with van der Waals surface area (Å²) >= 11 is 0. The van der Waals surface area contributed by atoms with E-state index in [1.807, 2.05) is 34.7 Å². The summed E-state index contributed by atoms with van der Waals surface area (Å²) in [5.41, 5.74) is 3.38. The molecule has 1 saturated heterocycles. The molecule has 1 N–H and O–H groups in total. The van der Waals surface area contributed by atoms with Crippen molar-refractivity contribution in [3.05, 3.63) is 83.4 Å². The van der Waals surface area contributed by atoms with Crippen LogP contribution in [-0.2, 0) is 7.05 Å². The number of amides is 2. The van der Waals surface area contributed by atoms with Crippen molar-refractivity contribution >= 4 is 6.03 Å². The molecule has 2 amide bonds. The molecular weight excluding hydrogens is 362 g/mol. The maximum absolute atomic E-state index is 13.1. The van der Waals surface area contributed by atoms with E-state index in [1.54, 1.807) is 6.33 Å². The Bertz CT molecular complexity index is 943. The van der Waals surface area contributed by atoms with Gasteiger partial charge in [-0.05, 0) is 30.9 Å². The number of aromatic nitrogens is 3. The Kier molecular flexibility index (Phi) is 5.60. The van der Waals surface area contributed by atoms with Gasteiger partial charge in [-0.3, -0.25) is 0 Å². The summed E-state index contributed by atoms with van der Waals surface area (Å²) in [5.74, 6) is 1.36. The third-order valence-electron chi connectivity index (χ3n) is 5.71. The summed E-state index contributed by atoms with van der Waals surface area (Å²) in [6.07, 6.45) is 3.54. The minimum atomic E-state index is -0.166. The van der Waals surface area contributed by atoms with E-state index in [-0.39, 0.29) is 12.1 Å². The van der Waals surface area contributed by atoms with Gasteiger partial charge in [0.2, 0.25) is 0 Å². The van der Waals surface area contributed by atoms with Gasteiger partial charge in [0.15, 0.2) is 0 Å². The van der Waals surface area contributed by atoms with Gasteiger partial charge in [-0.25, -0.2) is 4.79 Å². The zero-order valence-corrected chi connectivity index (χ0v) is 17.0. The average molecular weight is 390 g/mol. The molecule has 0 spiro atoms. The van der Waals surface area contributed by atoms with Gasteiger partial charge in [-0.1, -0.05) is 60.2 Å². The molecule has 0 radical (unpaired) electrons. The van der Waals surface area contributed by atoms with Gasteiger partial charge in [0.1, 0.15) is 12.2 Å². The van der Waals surface area contributed by atoms with Crippen molar-refractivity contribution in [3.63, 3.8) is 0 Å². The Morgan fingerprint density at radius 2 is 1.69 bits per heavy atom. The number of likely N-dealkylation sites (tertiary alicyclic amines) is 1. The molecule has 29 heavy (non-hydrogen) atoms. The molecule has 1 atom stereocenters. The summed E-state index contributed by atoms with van der Waals surface area (Å²) in [6.45, 7) is 3.51. The van der Waals surface area contributed by atoms with E-state index in [4.69, 9.17) is 0 Å². The molecule has 0 bridgehead atoms. The largest absolute Gasteiger partial charge is 0.327 e. The third-order valence-corrected chi connectivity index (χ3v) is 5.71. The standard InChI is InChI=1S/C23H27N5O/c1-17-8-10-19(11-9-17)21(18-6-4-3-5-7-18)25-23(29)28-14-12-20(13-15-28)22-26-24-16-27(22)2/h3-11,16,20-21H,12-15H2,1-2H3,(H,25,29)/t21-/m0/s1. The number of piperidine rings is 1. The normalized spacial score (nSPS) is 15.9. The molecule has 0 unspecified atom stereocenters. The Labute approximate surface area is 171 Å². The maximum Gasteiger partial charge on any atom is 0.318 e. The first-order chi connectivity index (χ1) is 14.1. The summed E-state index contributed by atoms with van der Waals surface area (Å²) in [5, 5.41) is 11.5. The lowest BCUT2D eigenvalue weighted by atomic mass is 9.95. The Morgan fingerprint density at radius 3 is 2.31 bits per heavy atom. The van der Waals surface area contributed by atoms with Crippen LogP contribution in [0.3, 0.4) is 0 Å². The van der Waals surface area contributed by atoms with Crippen molar-refractivity contribution in [1.29, 1.82) is 0 Å². The Hall–Kier alpha value is -3.15. The topological polar surface area (TPSA) is 63.1 Å². The minimum Gasteiger partial charge on any atom is -0.327 e. The fourth-order valence-corrected chi connectivity index (χ4v) is 3.98. The SMILES string of the molecule is Cc1ccc([C@@H](NC(=O)N2CCC(c3nncn3C)CC2)c2ccccc2)cc1. The molecule has 1 aromatic heterocycles. The van der Waals surface area contributed by atoms with Crippen LogP contribution >= 0.6 is 0 Å². The van der Waals surface area contributed by atoms with Crippen LogP contribution in [-0.4, -0.2) is 38.8 Å². The molecule has 4 rings (SSSR count). The molecule has 0 aliphatic carbocycles. The lowest BCUT2D eigenvalue weighted by molar-refractivity contribution is 0.177. The van der Waals surface area contributed by atoms with E-state index in [0.717, 1.165) is 42.9 Å². The molecule has 1 aliphatic rings. The Balaban J connectivity index is 1.46. The first-order valence-corrected chi connectivity index (χ1v) is 10.1. The number of hydrogen-bond acceptors (Lipinski definition) is 3. The summed E-state index contributed by atoms with van der Waals surface area (Å²) in [6, 6.07) is 18.3. The van der Waals surface area contributed by atoms with Gasteiger partial charge in [0, 0.05) is 26.1 Å². The van der Waals surface area contributed by atoms with Crippen LogP contribution in [0.4, 0.5) is 4.79 Å². The van der Waals surface area contributed by atoms with Gasteiger partial charge in [-0.15, -0.1) is 10.2 Å². The predicted octanol–water partition coefficient (Wildman–Crippen LogP) is 3.80. The van der Waals surface area contributed by atoms with E-state index in [2.05, 4.69) is 58.8 Å². The number of urea groups is 1. The molecule has 6 nitrogen and oxygen atoms in total. The third kappa shape index (κ3) is 4.31. The van der Waals surface area contributed by atoms with Crippen molar-refractivity contribution in [2.45, 2.75) is 31.7 Å². The highest BCUT2D eigenvalue weighted by atomic mass is 16.2. The average Bonchev–Trinajstić information content (AvgIpc) is 3.19. The number of carbonyl (C=O) groups excluding carboxylic acids is 1. The fourth-order valence-electron chi connectivity index (χ4n) is 3.98. The van der Waals surface area contributed by atoms with E-state index in [1.165, 1.54) is 5.56 Å². The minimum absolute atomic E-state index is 0.0177. The summed E-state index contributed by atoms with van der Waals surface area (Å²) in [4.78, 5) is 15.0. The van der Waals surface area contributed by atoms with Crippen molar-refractivity contribution < 1.29 is 4.79 Å². The monoisotopic (exact) mass is 389 g/mol. The molecule has 3 aromatic rings. The van der Waals surface area contributed by atoms with E-state index >= 15 is 0 Å². The highest BCUT2D eigenvalue weighted by molar-refractivity contribution is 5.75. The van der Waals surface area contributed by atoms with Crippen LogP contribution in [0.15, 0.2) is 60.9 Å². The maximum atomic E-state index is 13.1.